The van der Waals surface area contributed by atoms with Crippen molar-refractivity contribution in [1.82, 2.24) is 9.29 Å². The minimum Gasteiger partial charge on any atom is -0.241 e. The number of nitrogens with zero attached hydrogens (tertiary/aromatic N) is 2. The van der Waals surface area contributed by atoms with Crippen LogP contribution in [0.1, 0.15) is 38.5 Å². The SMILES string of the molecule is CN(C1CCCCCC1)S(=O)(=O)c1ncccc1F. The van der Waals surface area contributed by atoms with Crippen LogP contribution in [0, 0.1) is 5.82 Å². The lowest BCUT2D eigenvalue weighted by atomic mass is 10.1. The quantitative estimate of drug-likeness (QED) is 0.802. The summed E-state index contributed by atoms with van der Waals surface area (Å²) in [7, 11) is -2.31. The first-order valence-corrected chi connectivity index (χ1v) is 8.06. The first kappa shape index (κ1) is 14.4. The smallest absolute Gasteiger partial charge is 0.241 e. The summed E-state index contributed by atoms with van der Waals surface area (Å²) in [6, 6.07) is 2.47. The van der Waals surface area contributed by atoms with Gasteiger partial charge in [-0.2, -0.15) is 4.31 Å². The lowest BCUT2D eigenvalue weighted by Crippen LogP contribution is -2.37. The van der Waals surface area contributed by atoms with Crippen molar-refractivity contribution < 1.29 is 12.8 Å². The molecule has 1 aromatic heterocycles. The zero-order valence-corrected chi connectivity index (χ0v) is 11.9. The van der Waals surface area contributed by atoms with Crippen LogP contribution >= 0.6 is 0 Å². The van der Waals surface area contributed by atoms with E-state index in [9.17, 15) is 12.8 Å². The molecule has 0 aliphatic heterocycles. The summed E-state index contributed by atoms with van der Waals surface area (Å²) >= 11 is 0. The van der Waals surface area contributed by atoms with Crippen LogP contribution in [0.3, 0.4) is 0 Å². The Morgan fingerprint density at radius 1 is 1.26 bits per heavy atom. The molecule has 1 saturated carbocycles. The Bertz CT molecular complexity index is 525. The summed E-state index contributed by atoms with van der Waals surface area (Å²) in [6.07, 6.45) is 7.31. The van der Waals surface area contributed by atoms with Gasteiger partial charge in [-0.25, -0.2) is 17.8 Å². The zero-order valence-electron chi connectivity index (χ0n) is 11.0. The highest BCUT2D eigenvalue weighted by Gasteiger charge is 2.31. The maximum Gasteiger partial charge on any atom is 0.263 e. The molecule has 0 N–H and O–H groups in total. The summed E-state index contributed by atoms with van der Waals surface area (Å²) < 4.78 is 39.7. The zero-order chi connectivity index (χ0) is 13.9. The second kappa shape index (κ2) is 5.96. The van der Waals surface area contributed by atoms with Gasteiger partial charge in [-0.1, -0.05) is 25.7 Å². The largest absolute Gasteiger partial charge is 0.263 e. The lowest BCUT2D eigenvalue weighted by Gasteiger charge is -2.26. The van der Waals surface area contributed by atoms with Crippen LogP contribution in [0.2, 0.25) is 0 Å². The Kier molecular flexibility index (Phi) is 4.52. The highest BCUT2D eigenvalue weighted by Crippen LogP contribution is 2.25. The molecule has 0 amide bonds. The fraction of sp³-hybridized carbons (Fsp3) is 0.615. The Morgan fingerprint density at radius 2 is 1.89 bits per heavy atom. The van der Waals surface area contributed by atoms with E-state index in [1.165, 1.54) is 23.6 Å². The number of rotatable bonds is 3. The van der Waals surface area contributed by atoms with Crippen molar-refractivity contribution in [2.45, 2.75) is 49.6 Å². The molecule has 4 nitrogen and oxygen atoms in total. The molecule has 1 aliphatic carbocycles. The minimum atomic E-state index is -3.84. The van der Waals surface area contributed by atoms with Gasteiger partial charge < -0.3 is 0 Å². The molecule has 1 aromatic rings. The third kappa shape index (κ3) is 3.12. The van der Waals surface area contributed by atoms with E-state index >= 15 is 0 Å². The van der Waals surface area contributed by atoms with Crippen LogP contribution in [0.25, 0.3) is 0 Å². The highest BCUT2D eigenvalue weighted by atomic mass is 32.2. The predicted molar refractivity (Wildman–Crippen MR) is 70.6 cm³/mol. The summed E-state index contributed by atoms with van der Waals surface area (Å²) in [6.45, 7) is 0. The normalized spacial score (nSPS) is 18.5. The first-order valence-electron chi connectivity index (χ1n) is 6.62. The van der Waals surface area contributed by atoms with Crippen molar-refractivity contribution >= 4 is 10.0 Å². The molecule has 106 valence electrons. The second-order valence-electron chi connectivity index (χ2n) is 4.96. The lowest BCUT2D eigenvalue weighted by molar-refractivity contribution is 0.333. The van der Waals surface area contributed by atoms with Crippen molar-refractivity contribution in [1.29, 1.82) is 0 Å². The van der Waals surface area contributed by atoms with E-state index < -0.39 is 20.9 Å². The van der Waals surface area contributed by atoms with Gasteiger partial charge >= 0.3 is 0 Å². The van der Waals surface area contributed by atoms with Gasteiger partial charge in [0.1, 0.15) is 0 Å². The van der Waals surface area contributed by atoms with Crippen LogP contribution in [-0.2, 0) is 10.0 Å². The van der Waals surface area contributed by atoms with Crippen LogP contribution in [0.15, 0.2) is 23.4 Å². The van der Waals surface area contributed by atoms with Gasteiger partial charge in [0.25, 0.3) is 10.0 Å². The number of hydrogen-bond acceptors (Lipinski definition) is 3. The topological polar surface area (TPSA) is 50.3 Å². The standard InChI is InChI=1S/C13H19FN2O2S/c1-16(11-7-4-2-3-5-8-11)19(17,18)13-12(14)9-6-10-15-13/h6,9-11H,2-5,7-8H2,1H3. The minimum absolute atomic E-state index is 0.0473. The predicted octanol–water partition coefficient (Wildman–Crippen LogP) is 2.56. The first-order chi connectivity index (χ1) is 9.03. The molecule has 0 spiro atoms. The number of aromatic nitrogens is 1. The van der Waals surface area contributed by atoms with Crippen LogP contribution in [-0.4, -0.2) is 30.8 Å². The highest BCUT2D eigenvalue weighted by molar-refractivity contribution is 7.89. The number of sulfonamides is 1. The van der Waals surface area contributed by atoms with Gasteiger partial charge in [0.05, 0.1) is 0 Å². The molecule has 19 heavy (non-hydrogen) atoms. The molecule has 2 rings (SSSR count). The average molecular weight is 286 g/mol. The maximum atomic E-state index is 13.6. The molecular formula is C13H19FN2O2S. The van der Waals surface area contributed by atoms with Crippen molar-refractivity contribution in [3.63, 3.8) is 0 Å². The second-order valence-corrected chi connectivity index (χ2v) is 6.87. The van der Waals surface area contributed by atoms with Gasteiger partial charge in [0, 0.05) is 19.3 Å². The summed E-state index contributed by atoms with van der Waals surface area (Å²) in [4.78, 5) is 3.68. The van der Waals surface area contributed by atoms with E-state index in [1.807, 2.05) is 0 Å². The molecule has 6 heteroatoms. The number of pyridine rings is 1. The molecule has 1 aliphatic rings. The maximum absolute atomic E-state index is 13.6. The summed E-state index contributed by atoms with van der Waals surface area (Å²) in [5.74, 6) is -0.789. The van der Waals surface area contributed by atoms with Crippen molar-refractivity contribution in [3.8, 4) is 0 Å². The van der Waals surface area contributed by atoms with E-state index in [-0.39, 0.29) is 6.04 Å². The van der Waals surface area contributed by atoms with Gasteiger partial charge in [-0.05, 0) is 25.0 Å². The molecular weight excluding hydrogens is 267 g/mol. The fourth-order valence-electron chi connectivity index (χ4n) is 2.52. The van der Waals surface area contributed by atoms with E-state index in [0.717, 1.165) is 44.6 Å². The summed E-state index contributed by atoms with van der Waals surface area (Å²) in [5.41, 5.74) is 0. The van der Waals surface area contributed by atoms with Crippen LogP contribution < -0.4 is 0 Å². The van der Waals surface area contributed by atoms with Crippen molar-refractivity contribution in [2.75, 3.05) is 7.05 Å². The van der Waals surface area contributed by atoms with Crippen molar-refractivity contribution in [3.05, 3.63) is 24.1 Å². The summed E-state index contributed by atoms with van der Waals surface area (Å²) in [5, 5.41) is -0.471. The fourth-order valence-corrected chi connectivity index (χ4v) is 3.90. The number of hydrogen-bond donors (Lipinski definition) is 0. The van der Waals surface area contributed by atoms with E-state index in [1.54, 1.807) is 0 Å². The Labute approximate surface area is 113 Å². The molecule has 0 saturated heterocycles. The molecule has 0 bridgehead atoms. The van der Waals surface area contributed by atoms with Gasteiger partial charge in [-0.3, -0.25) is 0 Å². The monoisotopic (exact) mass is 286 g/mol. The van der Waals surface area contributed by atoms with Crippen LogP contribution in [0.4, 0.5) is 4.39 Å². The Balaban J connectivity index is 2.26. The van der Waals surface area contributed by atoms with E-state index in [2.05, 4.69) is 4.98 Å². The molecule has 1 heterocycles. The molecule has 1 fully saturated rings. The van der Waals surface area contributed by atoms with E-state index in [0.29, 0.717) is 0 Å². The molecule has 0 atom stereocenters. The third-order valence-electron chi connectivity index (χ3n) is 3.69. The molecule has 0 unspecified atom stereocenters. The molecule has 0 radical (unpaired) electrons. The van der Waals surface area contributed by atoms with Gasteiger partial charge in [0.2, 0.25) is 5.03 Å². The van der Waals surface area contributed by atoms with Crippen molar-refractivity contribution in [2.24, 2.45) is 0 Å². The van der Waals surface area contributed by atoms with E-state index in [4.69, 9.17) is 0 Å². The average Bonchev–Trinajstić information content (AvgIpc) is 2.67. The van der Waals surface area contributed by atoms with Gasteiger partial charge in [-0.15, -0.1) is 0 Å². The molecule has 0 aromatic carbocycles. The van der Waals surface area contributed by atoms with Crippen LogP contribution in [0.5, 0.6) is 0 Å². The van der Waals surface area contributed by atoms with Gasteiger partial charge in [0.15, 0.2) is 5.82 Å². The Morgan fingerprint density at radius 3 is 2.47 bits per heavy atom. The Hall–Kier alpha value is -1.01. The third-order valence-corrected chi connectivity index (χ3v) is 5.53. The number of halogens is 1.